The normalized spacial score (nSPS) is 22.0. The number of anilines is 1. The van der Waals surface area contributed by atoms with Crippen LogP contribution in [0.5, 0.6) is 5.75 Å². The fourth-order valence-corrected chi connectivity index (χ4v) is 2.93. The second-order valence-electron chi connectivity index (χ2n) is 5.47. The largest absolute Gasteiger partial charge is 0.497 e. The van der Waals surface area contributed by atoms with Crippen LogP contribution in [0.2, 0.25) is 0 Å². The minimum absolute atomic E-state index is 0.253. The van der Waals surface area contributed by atoms with Gasteiger partial charge in [-0.2, -0.15) is 5.10 Å². The van der Waals surface area contributed by atoms with E-state index >= 15 is 0 Å². The van der Waals surface area contributed by atoms with Crippen molar-refractivity contribution in [1.82, 2.24) is 5.01 Å². The lowest BCUT2D eigenvalue weighted by molar-refractivity contribution is -0.136. The Balaban J connectivity index is 2.02. The quantitative estimate of drug-likeness (QED) is 0.561. The molecule has 0 spiro atoms. The van der Waals surface area contributed by atoms with Crippen LogP contribution < -0.4 is 9.64 Å². The molecule has 2 atom stereocenters. The zero-order chi connectivity index (χ0) is 18.3. The first-order valence-electron chi connectivity index (χ1n) is 7.39. The molecule has 0 aromatic heterocycles. The Bertz CT molecular complexity index is 801. The van der Waals surface area contributed by atoms with Crippen LogP contribution in [0.25, 0.3) is 0 Å². The molecular weight excluding hydrogens is 330 g/mol. The number of carbonyl (C=O) groups excluding carboxylic acids is 4. The Morgan fingerprint density at radius 2 is 1.72 bits per heavy atom. The minimum atomic E-state index is -1.18. The molecule has 3 amide bonds. The molecule has 0 N–H and O–H groups in total. The first-order chi connectivity index (χ1) is 11.9. The molecule has 1 aromatic carbocycles. The van der Waals surface area contributed by atoms with Crippen LogP contribution in [0.15, 0.2) is 29.4 Å². The summed E-state index contributed by atoms with van der Waals surface area (Å²) in [6.07, 6.45) is 0. The lowest BCUT2D eigenvalue weighted by Crippen LogP contribution is -2.41. The van der Waals surface area contributed by atoms with Crippen LogP contribution in [-0.4, -0.2) is 54.7 Å². The van der Waals surface area contributed by atoms with Gasteiger partial charge in [-0.25, -0.2) is 14.7 Å². The third kappa shape index (κ3) is 2.44. The highest BCUT2D eigenvalue weighted by Gasteiger charge is 2.59. The van der Waals surface area contributed by atoms with E-state index in [-0.39, 0.29) is 5.71 Å². The summed E-state index contributed by atoms with van der Waals surface area (Å²) in [6, 6.07) is 5.11. The molecule has 1 fully saturated rings. The fraction of sp³-hybridized carbons (Fsp3) is 0.312. The summed E-state index contributed by atoms with van der Waals surface area (Å²) in [5.74, 6) is -3.27. The zero-order valence-electron chi connectivity index (χ0n) is 13.8. The summed E-state index contributed by atoms with van der Waals surface area (Å²) in [6.45, 7) is 1.20. The molecule has 0 bridgehead atoms. The maximum Gasteiger partial charge on any atom is 0.355 e. The summed E-state index contributed by atoms with van der Waals surface area (Å²) < 4.78 is 9.67. The molecule has 0 unspecified atom stereocenters. The van der Waals surface area contributed by atoms with Gasteiger partial charge in [0.1, 0.15) is 11.7 Å². The van der Waals surface area contributed by atoms with Gasteiger partial charge in [0, 0.05) is 6.92 Å². The molecule has 0 saturated carbocycles. The lowest BCUT2D eigenvalue weighted by Gasteiger charge is -2.19. The summed E-state index contributed by atoms with van der Waals surface area (Å²) in [5.41, 5.74) is 0.0648. The number of benzene rings is 1. The Morgan fingerprint density at radius 1 is 1.08 bits per heavy atom. The van der Waals surface area contributed by atoms with Crippen LogP contribution in [-0.2, 0) is 23.9 Å². The number of esters is 1. The molecule has 2 aliphatic rings. The highest BCUT2D eigenvalue weighted by molar-refractivity contribution is 6.47. The van der Waals surface area contributed by atoms with Crippen molar-refractivity contribution in [2.75, 3.05) is 19.1 Å². The lowest BCUT2D eigenvalue weighted by atomic mass is 9.98. The molecule has 25 heavy (non-hydrogen) atoms. The molecule has 0 aliphatic carbocycles. The van der Waals surface area contributed by atoms with E-state index in [1.165, 1.54) is 14.0 Å². The zero-order valence-corrected chi connectivity index (χ0v) is 13.8. The van der Waals surface area contributed by atoms with Crippen LogP contribution in [0.4, 0.5) is 5.69 Å². The Kier molecular flexibility index (Phi) is 3.99. The van der Waals surface area contributed by atoms with Crippen molar-refractivity contribution in [3.8, 4) is 5.75 Å². The summed E-state index contributed by atoms with van der Waals surface area (Å²) in [4.78, 5) is 50.2. The Morgan fingerprint density at radius 3 is 2.24 bits per heavy atom. The van der Waals surface area contributed by atoms with Gasteiger partial charge in [-0.15, -0.1) is 0 Å². The van der Waals surface area contributed by atoms with Crippen LogP contribution in [0.3, 0.4) is 0 Å². The second kappa shape index (κ2) is 6.00. The van der Waals surface area contributed by atoms with E-state index in [1.54, 1.807) is 24.3 Å². The molecule has 0 radical (unpaired) electrons. The molecule has 1 saturated heterocycles. The molecule has 3 rings (SSSR count). The average Bonchev–Trinajstić information content (AvgIpc) is 3.12. The van der Waals surface area contributed by atoms with Crippen molar-refractivity contribution < 1.29 is 28.7 Å². The van der Waals surface area contributed by atoms with Gasteiger partial charge in [-0.1, -0.05) is 0 Å². The van der Waals surface area contributed by atoms with Crippen molar-refractivity contribution in [2.45, 2.75) is 13.0 Å². The Labute approximate surface area is 142 Å². The Hall–Kier alpha value is -3.23. The highest BCUT2D eigenvalue weighted by atomic mass is 16.5. The van der Waals surface area contributed by atoms with Gasteiger partial charge in [0.15, 0.2) is 11.8 Å². The number of methoxy groups -OCH3 is 2. The topological polar surface area (TPSA) is 106 Å². The minimum Gasteiger partial charge on any atom is -0.497 e. The van der Waals surface area contributed by atoms with Crippen molar-refractivity contribution >= 4 is 35.1 Å². The molecule has 2 aliphatic heterocycles. The predicted molar refractivity (Wildman–Crippen MR) is 84.7 cm³/mol. The van der Waals surface area contributed by atoms with E-state index in [9.17, 15) is 19.2 Å². The van der Waals surface area contributed by atoms with E-state index < -0.39 is 35.7 Å². The number of hydrazone groups is 1. The van der Waals surface area contributed by atoms with Crippen LogP contribution >= 0.6 is 0 Å². The van der Waals surface area contributed by atoms with Gasteiger partial charge in [-0.05, 0) is 24.3 Å². The molecule has 130 valence electrons. The van der Waals surface area contributed by atoms with Crippen LogP contribution in [0, 0.1) is 5.92 Å². The van der Waals surface area contributed by atoms with E-state index in [2.05, 4.69) is 9.84 Å². The van der Waals surface area contributed by atoms with Gasteiger partial charge in [0.25, 0.3) is 5.91 Å². The van der Waals surface area contributed by atoms with Crippen molar-refractivity contribution in [2.24, 2.45) is 11.0 Å². The van der Waals surface area contributed by atoms with Gasteiger partial charge in [0.2, 0.25) is 11.8 Å². The number of amides is 3. The third-order valence-electron chi connectivity index (χ3n) is 4.10. The predicted octanol–water partition coefficient (Wildman–Crippen LogP) is -0.0557. The average molecular weight is 345 g/mol. The maximum atomic E-state index is 12.8. The van der Waals surface area contributed by atoms with Gasteiger partial charge in [0.05, 0.1) is 19.9 Å². The number of fused-ring (bicyclic) bond motifs is 1. The van der Waals surface area contributed by atoms with Crippen molar-refractivity contribution in [3.63, 3.8) is 0 Å². The monoisotopic (exact) mass is 345 g/mol. The van der Waals surface area contributed by atoms with Gasteiger partial charge < -0.3 is 9.47 Å². The second-order valence-corrected chi connectivity index (χ2v) is 5.47. The number of imide groups is 1. The van der Waals surface area contributed by atoms with E-state index in [4.69, 9.17) is 4.74 Å². The number of ether oxygens (including phenoxy) is 2. The summed E-state index contributed by atoms with van der Waals surface area (Å²) in [5, 5.41) is 4.70. The summed E-state index contributed by atoms with van der Waals surface area (Å²) in [7, 11) is 2.63. The van der Waals surface area contributed by atoms with Crippen molar-refractivity contribution in [3.05, 3.63) is 24.3 Å². The smallest absolute Gasteiger partial charge is 0.355 e. The van der Waals surface area contributed by atoms with Crippen LogP contribution in [0.1, 0.15) is 6.92 Å². The third-order valence-corrected chi connectivity index (χ3v) is 4.10. The number of carbonyl (C=O) groups is 4. The SMILES string of the molecule is COC(=O)C1=NN(C(C)=O)[C@H]2C(=O)N(c3ccc(OC)cc3)C(=O)[C@@H]12. The van der Waals surface area contributed by atoms with Crippen molar-refractivity contribution in [1.29, 1.82) is 0 Å². The first kappa shape index (κ1) is 16.6. The van der Waals surface area contributed by atoms with E-state index in [1.807, 2.05) is 0 Å². The first-order valence-corrected chi connectivity index (χ1v) is 7.39. The van der Waals surface area contributed by atoms with E-state index in [0.29, 0.717) is 11.4 Å². The number of hydrogen-bond acceptors (Lipinski definition) is 7. The molecule has 9 nitrogen and oxygen atoms in total. The molecule has 2 heterocycles. The van der Waals surface area contributed by atoms with Gasteiger partial charge in [-0.3, -0.25) is 14.4 Å². The molecule has 9 heteroatoms. The molecule has 1 aromatic rings. The number of rotatable bonds is 3. The maximum absolute atomic E-state index is 12.8. The fourth-order valence-electron chi connectivity index (χ4n) is 2.93. The standard InChI is InChI=1S/C16H15N3O6/c1-8(20)19-13-11(12(17-19)16(23)25-3)14(21)18(15(13)22)9-4-6-10(24-2)7-5-9/h4-7,11,13H,1-3H3/t11-,13+/m0/s1. The number of hydrogen-bond donors (Lipinski definition) is 0. The summed E-state index contributed by atoms with van der Waals surface area (Å²) >= 11 is 0. The highest BCUT2D eigenvalue weighted by Crippen LogP contribution is 2.35. The van der Waals surface area contributed by atoms with E-state index in [0.717, 1.165) is 17.0 Å². The molecular formula is C16H15N3O6. The number of nitrogens with zero attached hydrogens (tertiary/aromatic N) is 3. The van der Waals surface area contributed by atoms with Gasteiger partial charge >= 0.3 is 5.97 Å².